The molecule has 1 atom stereocenters. The lowest BCUT2D eigenvalue weighted by molar-refractivity contribution is -0.129. The van der Waals surface area contributed by atoms with Gasteiger partial charge in [0.15, 0.2) is 11.6 Å². The van der Waals surface area contributed by atoms with Crippen LogP contribution in [0.1, 0.15) is 74.5 Å². The van der Waals surface area contributed by atoms with Crippen molar-refractivity contribution in [3.8, 4) is 5.75 Å². The first kappa shape index (κ1) is 31.3. The minimum Gasteiger partial charge on any atom is -0.505 e. The zero-order valence-corrected chi connectivity index (χ0v) is 23.3. The maximum absolute atomic E-state index is 14.8. The molecule has 216 valence electrons. The number of phenolic OH excluding ortho intramolecular Hbond substituents is 1. The molecule has 3 nitrogen and oxygen atoms in total. The Labute approximate surface area is 230 Å². The van der Waals surface area contributed by atoms with Gasteiger partial charge in [-0.05, 0) is 111 Å². The zero-order valence-electron chi connectivity index (χ0n) is 22.5. The Hall–Kier alpha value is -2.26. The van der Waals surface area contributed by atoms with Crippen molar-refractivity contribution in [1.82, 2.24) is 4.90 Å². The van der Waals surface area contributed by atoms with Gasteiger partial charge in [0.1, 0.15) is 5.82 Å². The Kier molecular flexibility index (Phi) is 12.0. The van der Waals surface area contributed by atoms with Crippen molar-refractivity contribution >= 4 is 21.9 Å². The molecule has 0 heterocycles. The molecule has 0 fully saturated rings. The summed E-state index contributed by atoms with van der Waals surface area (Å²) in [5.41, 5.74) is 4.47. The number of aromatic hydroxyl groups is 1. The lowest BCUT2D eigenvalue weighted by Crippen LogP contribution is -2.23. The molecule has 1 unspecified atom stereocenters. The van der Waals surface area contributed by atoms with Crippen LogP contribution in [0.5, 0.6) is 5.75 Å². The first-order chi connectivity index (χ1) is 18.5. The van der Waals surface area contributed by atoms with Crippen molar-refractivity contribution in [2.24, 2.45) is 0 Å². The first-order valence-corrected chi connectivity index (χ1v) is 15.1. The van der Waals surface area contributed by atoms with E-state index < -0.39 is 29.2 Å². The third-order valence-electron chi connectivity index (χ3n) is 7.20. The number of halogens is 5. The van der Waals surface area contributed by atoms with Gasteiger partial charge < -0.3 is 10.0 Å². The Morgan fingerprint density at radius 2 is 1.59 bits per heavy atom. The fourth-order valence-corrected chi connectivity index (χ4v) is 6.24. The summed E-state index contributed by atoms with van der Waals surface area (Å²) >= 11 is 0. The van der Waals surface area contributed by atoms with E-state index in [2.05, 4.69) is 4.90 Å². The van der Waals surface area contributed by atoms with E-state index in [1.54, 1.807) is 18.2 Å². The summed E-state index contributed by atoms with van der Waals surface area (Å²) in [6.45, 7) is 1.55. The van der Waals surface area contributed by atoms with Gasteiger partial charge in [-0.25, -0.2) is 8.78 Å². The number of allylic oxidation sites excluding steroid dienone is 2. The molecule has 0 amide bonds. The van der Waals surface area contributed by atoms with Crippen LogP contribution in [-0.4, -0.2) is 52.0 Å². The summed E-state index contributed by atoms with van der Waals surface area (Å²) in [6, 6.07) is 9.63. The zero-order chi connectivity index (χ0) is 28.4. The van der Waals surface area contributed by atoms with Gasteiger partial charge in [0.2, 0.25) is 0 Å². The molecule has 1 aliphatic rings. The number of fused-ring (bicyclic) bond motifs is 1. The van der Waals surface area contributed by atoms with Crippen molar-refractivity contribution in [1.29, 1.82) is 0 Å². The highest BCUT2D eigenvalue weighted by Crippen LogP contribution is 2.41. The molecule has 2 aromatic rings. The van der Waals surface area contributed by atoms with E-state index in [1.807, 2.05) is 7.05 Å². The van der Waals surface area contributed by atoms with Crippen molar-refractivity contribution < 1.29 is 31.3 Å². The average Bonchev–Trinajstić information content (AvgIpc) is 3.07. The second-order valence-electron chi connectivity index (χ2n) is 10.3. The standard InChI is InChI=1S/C30H38F5NO2S/c1-36(19-7-20-39(38)21-17-30(33,34)35)18-5-3-2-4-8-25-24(22-11-13-23(31)14-12-22)9-6-10-27-26(25)15-16-28(37)29(27)32/h11-16,37H,2-10,17-21H2,1H3. The number of rotatable bonds is 14. The summed E-state index contributed by atoms with van der Waals surface area (Å²) in [5.74, 6) is -1.24. The molecule has 0 bridgehead atoms. The lowest BCUT2D eigenvalue weighted by Gasteiger charge is -2.18. The van der Waals surface area contributed by atoms with Gasteiger partial charge in [-0.15, -0.1) is 0 Å². The van der Waals surface area contributed by atoms with Gasteiger partial charge in [-0.3, -0.25) is 4.21 Å². The van der Waals surface area contributed by atoms with Crippen LogP contribution >= 0.6 is 0 Å². The Bertz CT molecular complexity index is 1130. The smallest absolute Gasteiger partial charge is 0.390 e. The summed E-state index contributed by atoms with van der Waals surface area (Å²) in [4.78, 5) is 2.12. The van der Waals surface area contributed by atoms with Crippen LogP contribution < -0.4 is 0 Å². The number of hydrogen-bond acceptors (Lipinski definition) is 3. The number of benzene rings is 2. The van der Waals surface area contributed by atoms with E-state index >= 15 is 0 Å². The van der Waals surface area contributed by atoms with E-state index in [1.165, 1.54) is 18.2 Å². The van der Waals surface area contributed by atoms with Gasteiger partial charge in [0.05, 0.1) is 6.42 Å². The van der Waals surface area contributed by atoms with Crippen molar-refractivity contribution in [2.75, 3.05) is 31.6 Å². The summed E-state index contributed by atoms with van der Waals surface area (Å²) in [6.07, 6.45) is 1.98. The van der Waals surface area contributed by atoms with Gasteiger partial charge >= 0.3 is 6.18 Å². The van der Waals surface area contributed by atoms with Crippen LogP contribution in [0.3, 0.4) is 0 Å². The largest absolute Gasteiger partial charge is 0.505 e. The quantitative estimate of drug-likeness (QED) is 0.185. The first-order valence-electron chi connectivity index (χ1n) is 13.6. The number of hydrogen-bond donors (Lipinski definition) is 1. The van der Waals surface area contributed by atoms with Gasteiger partial charge in [-0.2, -0.15) is 13.2 Å². The van der Waals surface area contributed by atoms with Crippen LogP contribution in [0.2, 0.25) is 0 Å². The minimum atomic E-state index is -4.26. The SMILES string of the molecule is CN(CCCCCCC1=C(c2ccc(F)cc2)CCCc2c1ccc(O)c2F)CCCS(=O)CCC(F)(F)F. The van der Waals surface area contributed by atoms with Crippen molar-refractivity contribution in [3.63, 3.8) is 0 Å². The van der Waals surface area contributed by atoms with Crippen LogP contribution in [0.25, 0.3) is 11.1 Å². The monoisotopic (exact) mass is 571 g/mol. The van der Waals surface area contributed by atoms with Crippen LogP contribution in [0.4, 0.5) is 22.0 Å². The summed E-state index contributed by atoms with van der Waals surface area (Å²) in [5, 5.41) is 9.93. The van der Waals surface area contributed by atoms with Crippen LogP contribution in [0, 0.1) is 11.6 Å². The van der Waals surface area contributed by atoms with Gasteiger partial charge in [-0.1, -0.05) is 31.0 Å². The maximum Gasteiger partial charge on any atom is 0.390 e. The molecular formula is C30H38F5NO2S. The third kappa shape index (κ3) is 10.0. The fourth-order valence-electron chi connectivity index (χ4n) is 5.12. The van der Waals surface area contributed by atoms with E-state index in [-0.39, 0.29) is 23.1 Å². The Morgan fingerprint density at radius 1 is 0.897 bits per heavy atom. The van der Waals surface area contributed by atoms with Crippen LogP contribution in [-0.2, 0) is 17.2 Å². The molecule has 9 heteroatoms. The molecule has 3 rings (SSSR count). The average molecular weight is 572 g/mol. The lowest BCUT2D eigenvalue weighted by atomic mass is 9.89. The van der Waals surface area contributed by atoms with Gasteiger partial charge in [0, 0.05) is 22.3 Å². The molecule has 2 aromatic carbocycles. The highest BCUT2D eigenvalue weighted by Gasteiger charge is 2.27. The number of nitrogens with zero attached hydrogens (tertiary/aromatic N) is 1. The summed E-state index contributed by atoms with van der Waals surface area (Å²) < 4.78 is 76.8. The highest BCUT2D eigenvalue weighted by molar-refractivity contribution is 7.84. The predicted molar refractivity (Wildman–Crippen MR) is 148 cm³/mol. The normalized spacial score (nSPS) is 14.9. The fraction of sp³-hybridized carbons (Fsp3) is 0.533. The van der Waals surface area contributed by atoms with Gasteiger partial charge in [0.25, 0.3) is 0 Å². The maximum atomic E-state index is 14.8. The topological polar surface area (TPSA) is 40.5 Å². The molecule has 0 aromatic heterocycles. The Morgan fingerprint density at radius 3 is 2.31 bits per heavy atom. The Balaban J connectivity index is 1.50. The predicted octanol–water partition coefficient (Wildman–Crippen LogP) is 7.89. The molecule has 1 N–H and O–H groups in total. The van der Waals surface area contributed by atoms with Crippen LogP contribution in [0.15, 0.2) is 36.4 Å². The van der Waals surface area contributed by atoms with Crippen molar-refractivity contribution in [2.45, 2.75) is 70.4 Å². The van der Waals surface area contributed by atoms with E-state index in [9.17, 15) is 31.3 Å². The third-order valence-corrected chi connectivity index (χ3v) is 8.60. The number of unbranched alkanes of at least 4 members (excludes halogenated alkanes) is 3. The molecule has 0 radical (unpaired) electrons. The summed E-state index contributed by atoms with van der Waals surface area (Å²) in [7, 11) is 0.523. The number of alkyl halides is 3. The second-order valence-corrected chi connectivity index (χ2v) is 12.0. The van der Waals surface area contributed by atoms with Crippen molar-refractivity contribution in [3.05, 3.63) is 64.7 Å². The molecule has 0 saturated heterocycles. The molecule has 39 heavy (non-hydrogen) atoms. The van der Waals surface area contributed by atoms with E-state index in [0.29, 0.717) is 24.9 Å². The molecule has 1 aliphatic carbocycles. The van der Waals surface area contributed by atoms with E-state index in [4.69, 9.17) is 0 Å². The molecular weight excluding hydrogens is 533 g/mol. The van der Waals surface area contributed by atoms with E-state index in [0.717, 1.165) is 73.8 Å². The minimum absolute atomic E-state index is 0.283. The molecule has 0 spiro atoms. The molecule has 0 aliphatic heterocycles. The molecule has 0 saturated carbocycles. The highest BCUT2D eigenvalue weighted by atomic mass is 32.2. The number of phenols is 1. The second kappa shape index (κ2) is 14.9.